The number of carbonyl (C=O) groups excluding carboxylic acids is 2. The maximum Gasteiger partial charge on any atom is 0.267 e. The highest BCUT2D eigenvalue weighted by Crippen LogP contribution is 2.30. The number of carbonyl (C=O) groups is 2. The number of amides is 1. The number of Topliss-reactive ketones (excluding diaryl/α,β-unsaturated/α-hetero) is 1. The van der Waals surface area contributed by atoms with Crippen LogP contribution >= 0.6 is 27.5 Å². The van der Waals surface area contributed by atoms with Gasteiger partial charge in [0.05, 0.1) is 10.0 Å². The Hall–Kier alpha value is -2.30. The van der Waals surface area contributed by atoms with Crippen molar-refractivity contribution in [2.45, 2.75) is 26.9 Å². The third-order valence-electron chi connectivity index (χ3n) is 3.35. The molecule has 0 aliphatic carbocycles. The van der Waals surface area contributed by atoms with Crippen LogP contribution < -0.4 is 10.1 Å². The Morgan fingerprint density at radius 1 is 1.44 bits per heavy atom. The van der Waals surface area contributed by atoms with E-state index in [0.29, 0.717) is 15.2 Å². The second kappa shape index (κ2) is 7.72. The van der Waals surface area contributed by atoms with Crippen LogP contribution in [0.5, 0.6) is 5.75 Å². The number of aryl methyl sites for hydroxylation is 1. The number of hydrogen-bond donors (Lipinski definition) is 1. The molecular weight excluding hydrogens is 412 g/mol. The van der Waals surface area contributed by atoms with Crippen LogP contribution in [0, 0.1) is 18.3 Å². The highest BCUT2D eigenvalue weighted by molar-refractivity contribution is 9.10. The molecule has 1 aromatic carbocycles. The maximum atomic E-state index is 12.3. The first-order chi connectivity index (χ1) is 11.7. The van der Waals surface area contributed by atoms with Gasteiger partial charge in [0.2, 0.25) is 5.88 Å². The van der Waals surface area contributed by atoms with E-state index in [-0.39, 0.29) is 28.6 Å². The van der Waals surface area contributed by atoms with E-state index < -0.39 is 12.0 Å². The molecule has 0 aliphatic heterocycles. The summed E-state index contributed by atoms with van der Waals surface area (Å²) < 4.78 is 11.5. The lowest BCUT2D eigenvalue weighted by molar-refractivity contribution is -0.122. The van der Waals surface area contributed by atoms with Gasteiger partial charge in [0.1, 0.15) is 23.1 Å². The topological polar surface area (TPSA) is 92.3 Å². The number of benzene rings is 1. The van der Waals surface area contributed by atoms with Crippen LogP contribution in [-0.2, 0) is 4.79 Å². The number of nitrogens with one attached hydrogen (secondary N) is 1. The molecule has 0 fully saturated rings. The number of hydrogen-bond acceptors (Lipinski definition) is 5. The first-order valence-corrected chi connectivity index (χ1v) is 8.38. The molecule has 1 atom stereocenters. The zero-order valence-electron chi connectivity index (χ0n) is 13.6. The summed E-state index contributed by atoms with van der Waals surface area (Å²) in [6.45, 7) is 4.43. The van der Waals surface area contributed by atoms with Gasteiger partial charge in [-0.3, -0.25) is 14.9 Å². The van der Waals surface area contributed by atoms with Crippen molar-refractivity contribution in [1.82, 2.24) is 0 Å². The number of ether oxygens (including phenoxy) is 1. The van der Waals surface area contributed by atoms with Crippen LogP contribution in [0.15, 0.2) is 27.1 Å². The number of nitriles is 1. The Morgan fingerprint density at radius 2 is 2.12 bits per heavy atom. The summed E-state index contributed by atoms with van der Waals surface area (Å²) in [6.07, 6.45) is -0.879. The first kappa shape index (κ1) is 19.0. The smallest absolute Gasteiger partial charge is 0.267 e. The normalized spacial score (nSPS) is 11.5. The molecular formula is C17H14BrClN2O4. The standard InChI is InChI=1S/C17H14BrClN2O4/c1-8(22)15-9(2)25-17(12(15)7-20)21-16(23)10(3)24-14-5-4-11(19)6-13(14)18/h4-6,10H,1-3H3,(H,21,23). The average Bonchev–Trinajstić information content (AvgIpc) is 2.85. The van der Waals surface area contributed by atoms with Gasteiger partial charge in [-0.2, -0.15) is 5.26 Å². The van der Waals surface area contributed by atoms with E-state index in [1.54, 1.807) is 32.0 Å². The van der Waals surface area contributed by atoms with Crippen LogP contribution in [-0.4, -0.2) is 17.8 Å². The van der Waals surface area contributed by atoms with Gasteiger partial charge < -0.3 is 9.15 Å². The van der Waals surface area contributed by atoms with Gasteiger partial charge in [0.15, 0.2) is 11.9 Å². The minimum atomic E-state index is -0.879. The van der Waals surface area contributed by atoms with Crippen LogP contribution in [0.4, 0.5) is 5.88 Å². The van der Waals surface area contributed by atoms with E-state index >= 15 is 0 Å². The molecule has 6 nitrogen and oxygen atoms in total. The summed E-state index contributed by atoms with van der Waals surface area (Å²) in [4.78, 5) is 23.9. The van der Waals surface area contributed by atoms with Gasteiger partial charge in [-0.25, -0.2) is 0 Å². The van der Waals surface area contributed by atoms with Crippen molar-refractivity contribution in [3.05, 3.63) is 44.6 Å². The zero-order valence-corrected chi connectivity index (χ0v) is 16.0. The molecule has 0 radical (unpaired) electrons. The van der Waals surface area contributed by atoms with Crippen molar-refractivity contribution in [2.24, 2.45) is 0 Å². The average molecular weight is 426 g/mol. The van der Waals surface area contributed by atoms with E-state index in [0.717, 1.165) is 0 Å². The molecule has 1 aromatic heterocycles. The van der Waals surface area contributed by atoms with Gasteiger partial charge >= 0.3 is 0 Å². The van der Waals surface area contributed by atoms with E-state index in [9.17, 15) is 14.9 Å². The largest absolute Gasteiger partial charge is 0.480 e. The molecule has 1 heterocycles. The van der Waals surface area contributed by atoms with Crippen molar-refractivity contribution in [2.75, 3.05) is 5.32 Å². The van der Waals surface area contributed by atoms with Crippen LogP contribution in [0.25, 0.3) is 0 Å². The second-order valence-electron chi connectivity index (χ2n) is 5.23. The molecule has 2 rings (SSSR count). The monoisotopic (exact) mass is 424 g/mol. The molecule has 0 bridgehead atoms. The number of rotatable bonds is 5. The Kier molecular flexibility index (Phi) is 5.88. The van der Waals surface area contributed by atoms with Gasteiger partial charge in [-0.15, -0.1) is 0 Å². The number of ketones is 1. The van der Waals surface area contributed by atoms with Gasteiger partial charge in [0, 0.05) is 5.02 Å². The number of nitrogens with zero attached hydrogens (tertiary/aromatic N) is 1. The Morgan fingerprint density at radius 3 is 2.68 bits per heavy atom. The minimum absolute atomic E-state index is 0.00164. The summed E-state index contributed by atoms with van der Waals surface area (Å²) in [5.41, 5.74) is 0.157. The van der Waals surface area contributed by atoms with E-state index in [1.807, 2.05) is 6.07 Å². The summed E-state index contributed by atoms with van der Waals surface area (Å²) in [6, 6.07) is 6.79. The van der Waals surface area contributed by atoms with Gasteiger partial charge in [0.25, 0.3) is 5.91 Å². The van der Waals surface area contributed by atoms with Gasteiger partial charge in [-0.1, -0.05) is 11.6 Å². The number of furan rings is 1. The van der Waals surface area contributed by atoms with Crippen molar-refractivity contribution in [3.8, 4) is 11.8 Å². The summed E-state index contributed by atoms with van der Waals surface area (Å²) >= 11 is 9.17. The predicted octanol–water partition coefficient (Wildman–Crippen LogP) is 4.48. The maximum absolute atomic E-state index is 12.3. The lowest BCUT2D eigenvalue weighted by Crippen LogP contribution is -2.30. The quantitative estimate of drug-likeness (QED) is 0.713. The number of halogens is 2. The van der Waals surface area contributed by atoms with Crippen LogP contribution in [0.3, 0.4) is 0 Å². The Labute approximate surface area is 157 Å². The molecule has 0 aliphatic rings. The molecule has 1 unspecified atom stereocenters. The molecule has 1 N–H and O–H groups in total. The van der Waals surface area contributed by atoms with Crippen LogP contribution in [0.2, 0.25) is 5.02 Å². The second-order valence-corrected chi connectivity index (χ2v) is 6.52. The lowest BCUT2D eigenvalue weighted by Gasteiger charge is -2.15. The fraction of sp³-hybridized carbons (Fsp3) is 0.235. The molecule has 130 valence electrons. The molecule has 2 aromatic rings. The lowest BCUT2D eigenvalue weighted by atomic mass is 10.1. The molecule has 8 heteroatoms. The first-order valence-electron chi connectivity index (χ1n) is 7.21. The Balaban J connectivity index is 2.18. The minimum Gasteiger partial charge on any atom is -0.480 e. The number of anilines is 1. The Bertz CT molecular complexity index is 886. The van der Waals surface area contributed by atoms with Gasteiger partial charge in [-0.05, 0) is 54.9 Å². The zero-order chi connectivity index (χ0) is 18.7. The molecule has 0 saturated heterocycles. The van der Waals surface area contributed by atoms with E-state index in [1.165, 1.54) is 6.92 Å². The third-order valence-corrected chi connectivity index (χ3v) is 4.21. The van der Waals surface area contributed by atoms with Crippen molar-refractivity contribution in [3.63, 3.8) is 0 Å². The molecule has 0 saturated carbocycles. The molecule has 25 heavy (non-hydrogen) atoms. The molecule has 0 spiro atoms. The predicted molar refractivity (Wildman–Crippen MR) is 96.0 cm³/mol. The SMILES string of the molecule is CC(=O)c1c(C)oc(NC(=O)C(C)Oc2ccc(Cl)cc2Br)c1C#N. The van der Waals surface area contributed by atoms with Crippen LogP contribution in [0.1, 0.15) is 35.5 Å². The highest BCUT2D eigenvalue weighted by Gasteiger charge is 2.25. The third kappa shape index (κ3) is 4.21. The summed E-state index contributed by atoms with van der Waals surface area (Å²) in [5, 5.41) is 12.3. The van der Waals surface area contributed by atoms with Crippen molar-refractivity contribution >= 4 is 45.1 Å². The summed E-state index contributed by atoms with van der Waals surface area (Å²) in [5.74, 6) is -0.198. The summed E-state index contributed by atoms with van der Waals surface area (Å²) in [7, 11) is 0. The van der Waals surface area contributed by atoms with E-state index in [2.05, 4.69) is 21.2 Å². The fourth-order valence-corrected chi connectivity index (χ4v) is 2.97. The molecule has 1 amide bonds. The van der Waals surface area contributed by atoms with Crippen molar-refractivity contribution < 1.29 is 18.7 Å². The van der Waals surface area contributed by atoms with E-state index in [4.69, 9.17) is 20.8 Å². The van der Waals surface area contributed by atoms with Crippen molar-refractivity contribution in [1.29, 1.82) is 5.26 Å². The highest BCUT2D eigenvalue weighted by atomic mass is 79.9. The fourth-order valence-electron chi connectivity index (χ4n) is 2.19.